The van der Waals surface area contributed by atoms with Crippen molar-refractivity contribution in [2.45, 2.75) is 37.6 Å². The second-order valence-electron chi connectivity index (χ2n) is 6.81. The zero-order valence-electron chi connectivity index (χ0n) is 14.2. The van der Waals surface area contributed by atoms with E-state index in [-0.39, 0.29) is 24.2 Å². The minimum absolute atomic E-state index is 0. The van der Waals surface area contributed by atoms with Crippen LogP contribution in [0.1, 0.15) is 42.5 Å². The standard InChI is InChI=1S/C18H24FN3O2.ClH/c19-15-6-4-5-14(13-15)16(23)21-9-11-22(12-10-21)17(24)18(20)7-2-1-3-8-18;/h4-6,13H,1-3,7-12,20H2;1H. The van der Waals surface area contributed by atoms with Gasteiger partial charge < -0.3 is 15.5 Å². The van der Waals surface area contributed by atoms with Gasteiger partial charge in [0.1, 0.15) is 5.82 Å². The zero-order chi connectivity index (χ0) is 17.2. The molecule has 1 aliphatic heterocycles. The number of rotatable bonds is 2. The highest BCUT2D eigenvalue weighted by Gasteiger charge is 2.39. The van der Waals surface area contributed by atoms with Gasteiger partial charge in [-0.15, -0.1) is 12.4 Å². The van der Waals surface area contributed by atoms with Gasteiger partial charge in [0.15, 0.2) is 0 Å². The number of nitrogens with zero attached hydrogens (tertiary/aromatic N) is 2. The summed E-state index contributed by atoms with van der Waals surface area (Å²) in [5.41, 5.74) is 5.94. The van der Waals surface area contributed by atoms with Crippen LogP contribution in [0.3, 0.4) is 0 Å². The molecule has 2 fully saturated rings. The fraction of sp³-hybridized carbons (Fsp3) is 0.556. The Labute approximate surface area is 153 Å². The van der Waals surface area contributed by atoms with Crippen molar-refractivity contribution in [3.05, 3.63) is 35.6 Å². The number of carbonyl (C=O) groups excluding carboxylic acids is 2. The van der Waals surface area contributed by atoms with Gasteiger partial charge in [0.05, 0.1) is 5.54 Å². The second kappa shape index (κ2) is 8.15. The molecule has 0 spiro atoms. The van der Waals surface area contributed by atoms with Crippen LogP contribution in [0.15, 0.2) is 24.3 Å². The van der Waals surface area contributed by atoms with E-state index in [2.05, 4.69) is 0 Å². The molecule has 5 nitrogen and oxygen atoms in total. The molecule has 1 saturated heterocycles. The normalized spacial score (nSPS) is 19.9. The Bertz CT molecular complexity index is 627. The molecular formula is C18H25ClFN3O2. The SMILES string of the molecule is Cl.NC1(C(=O)N2CCN(C(=O)c3cccc(F)c3)CC2)CCCCC1. The highest BCUT2D eigenvalue weighted by Crippen LogP contribution is 2.28. The van der Waals surface area contributed by atoms with Gasteiger partial charge in [0, 0.05) is 31.7 Å². The lowest BCUT2D eigenvalue weighted by Crippen LogP contribution is -2.60. The lowest BCUT2D eigenvalue weighted by atomic mass is 9.81. The predicted octanol–water partition coefficient (Wildman–Crippen LogP) is 2.19. The molecule has 25 heavy (non-hydrogen) atoms. The van der Waals surface area contributed by atoms with Gasteiger partial charge in [0.2, 0.25) is 5.91 Å². The van der Waals surface area contributed by atoms with Crippen LogP contribution in [0, 0.1) is 5.82 Å². The average Bonchev–Trinajstić information content (AvgIpc) is 2.61. The fourth-order valence-electron chi connectivity index (χ4n) is 3.63. The Morgan fingerprint density at radius 2 is 1.60 bits per heavy atom. The van der Waals surface area contributed by atoms with Crippen LogP contribution in [-0.4, -0.2) is 53.3 Å². The van der Waals surface area contributed by atoms with Gasteiger partial charge in [-0.05, 0) is 31.0 Å². The zero-order valence-corrected chi connectivity index (χ0v) is 15.1. The van der Waals surface area contributed by atoms with E-state index in [0.29, 0.717) is 31.7 Å². The molecule has 2 N–H and O–H groups in total. The van der Waals surface area contributed by atoms with E-state index in [9.17, 15) is 14.0 Å². The van der Waals surface area contributed by atoms with Crippen molar-refractivity contribution in [1.82, 2.24) is 9.80 Å². The van der Waals surface area contributed by atoms with Crippen molar-refractivity contribution in [3.8, 4) is 0 Å². The number of nitrogens with two attached hydrogens (primary N) is 1. The average molecular weight is 370 g/mol. The molecule has 2 amide bonds. The third-order valence-electron chi connectivity index (χ3n) is 5.10. The molecule has 1 saturated carbocycles. The van der Waals surface area contributed by atoms with Crippen LogP contribution in [-0.2, 0) is 4.79 Å². The molecule has 1 aliphatic carbocycles. The highest BCUT2D eigenvalue weighted by atomic mass is 35.5. The van der Waals surface area contributed by atoms with Crippen molar-refractivity contribution < 1.29 is 14.0 Å². The Balaban J connectivity index is 0.00000225. The van der Waals surface area contributed by atoms with Crippen LogP contribution in [0.4, 0.5) is 4.39 Å². The first kappa shape index (κ1) is 19.7. The first-order valence-electron chi connectivity index (χ1n) is 8.63. The molecular weight excluding hydrogens is 345 g/mol. The van der Waals surface area contributed by atoms with E-state index >= 15 is 0 Å². The maximum atomic E-state index is 13.3. The first-order chi connectivity index (χ1) is 11.5. The molecule has 7 heteroatoms. The predicted molar refractivity (Wildman–Crippen MR) is 96.1 cm³/mol. The van der Waals surface area contributed by atoms with E-state index in [0.717, 1.165) is 32.1 Å². The molecule has 0 bridgehead atoms. The van der Waals surface area contributed by atoms with Gasteiger partial charge in [-0.25, -0.2) is 4.39 Å². The number of halogens is 2. The summed E-state index contributed by atoms with van der Waals surface area (Å²) in [4.78, 5) is 28.6. The van der Waals surface area contributed by atoms with E-state index in [1.807, 2.05) is 0 Å². The van der Waals surface area contributed by atoms with Crippen LogP contribution in [0.2, 0.25) is 0 Å². The largest absolute Gasteiger partial charge is 0.338 e. The van der Waals surface area contributed by atoms with Gasteiger partial charge in [-0.1, -0.05) is 25.3 Å². The lowest BCUT2D eigenvalue weighted by Gasteiger charge is -2.41. The van der Waals surface area contributed by atoms with Gasteiger partial charge in [-0.3, -0.25) is 9.59 Å². The lowest BCUT2D eigenvalue weighted by molar-refractivity contribution is -0.139. The summed E-state index contributed by atoms with van der Waals surface area (Å²) < 4.78 is 13.3. The molecule has 0 atom stereocenters. The third-order valence-corrected chi connectivity index (χ3v) is 5.10. The molecule has 0 aromatic heterocycles. The van der Waals surface area contributed by atoms with E-state index < -0.39 is 11.4 Å². The minimum atomic E-state index is -0.729. The second-order valence-corrected chi connectivity index (χ2v) is 6.81. The molecule has 3 rings (SSSR count). The fourth-order valence-corrected chi connectivity index (χ4v) is 3.63. The van der Waals surface area contributed by atoms with E-state index in [4.69, 9.17) is 5.73 Å². The topological polar surface area (TPSA) is 66.6 Å². The molecule has 138 valence electrons. The smallest absolute Gasteiger partial charge is 0.254 e. The summed E-state index contributed by atoms with van der Waals surface area (Å²) in [5, 5.41) is 0. The van der Waals surface area contributed by atoms with Crippen molar-refractivity contribution in [3.63, 3.8) is 0 Å². The number of piperazine rings is 1. The molecule has 2 aliphatic rings. The Hall–Kier alpha value is -1.66. The highest BCUT2D eigenvalue weighted by molar-refractivity contribution is 5.94. The monoisotopic (exact) mass is 369 g/mol. The van der Waals surface area contributed by atoms with Crippen molar-refractivity contribution in [2.24, 2.45) is 5.73 Å². The van der Waals surface area contributed by atoms with Crippen molar-refractivity contribution in [2.75, 3.05) is 26.2 Å². The Morgan fingerprint density at radius 3 is 2.20 bits per heavy atom. The summed E-state index contributed by atoms with van der Waals surface area (Å²) in [7, 11) is 0. The van der Waals surface area contributed by atoms with Crippen molar-refractivity contribution >= 4 is 24.2 Å². The maximum absolute atomic E-state index is 13.3. The van der Waals surface area contributed by atoms with E-state index in [1.54, 1.807) is 15.9 Å². The molecule has 0 unspecified atom stereocenters. The molecule has 0 radical (unpaired) electrons. The summed E-state index contributed by atoms with van der Waals surface area (Å²) in [6, 6.07) is 5.71. The van der Waals surface area contributed by atoms with E-state index in [1.165, 1.54) is 18.2 Å². The first-order valence-corrected chi connectivity index (χ1v) is 8.63. The third kappa shape index (κ3) is 4.30. The Morgan fingerprint density at radius 1 is 1.00 bits per heavy atom. The summed E-state index contributed by atoms with van der Waals surface area (Å²) >= 11 is 0. The molecule has 1 aromatic rings. The van der Waals surface area contributed by atoms with Gasteiger partial charge in [-0.2, -0.15) is 0 Å². The van der Waals surface area contributed by atoms with Crippen molar-refractivity contribution in [1.29, 1.82) is 0 Å². The summed E-state index contributed by atoms with van der Waals surface area (Å²) in [5.74, 6) is -0.598. The van der Waals surface area contributed by atoms with Crippen LogP contribution < -0.4 is 5.73 Å². The quantitative estimate of drug-likeness (QED) is 0.869. The molecule has 1 aromatic carbocycles. The number of amides is 2. The summed E-state index contributed by atoms with van der Waals surface area (Å²) in [6.07, 6.45) is 4.63. The van der Waals surface area contributed by atoms with Crippen LogP contribution in [0.5, 0.6) is 0 Å². The van der Waals surface area contributed by atoms with Gasteiger partial charge in [0.25, 0.3) is 5.91 Å². The number of hydrogen-bond acceptors (Lipinski definition) is 3. The van der Waals surface area contributed by atoms with Gasteiger partial charge >= 0.3 is 0 Å². The summed E-state index contributed by atoms with van der Waals surface area (Å²) in [6.45, 7) is 1.88. The Kier molecular flexibility index (Phi) is 6.41. The number of carbonyl (C=O) groups is 2. The van der Waals surface area contributed by atoms with Crippen LogP contribution >= 0.6 is 12.4 Å². The number of hydrogen-bond donors (Lipinski definition) is 1. The minimum Gasteiger partial charge on any atom is -0.338 e. The maximum Gasteiger partial charge on any atom is 0.254 e. The number of benzene rings is 1. The molecule has 1 heterocycles. The van der Waals surface area contributed by atoms with Crippen LogP contribution in [0.25, 0.3) is 0 Å².